The van der Waals surface area contributed by atoms with E-state index < -0.39 is 0 Å². The van der Waals surface area contributed by atoms with E-state index in [0.29, 0.717) is 10.7 Å². The standard InChI is InChI=1S/C14H13ClN2OS/c1-10(18)17-13-5-12(15)6-14(7-13)19-9-11-3-2-4-16-8-11/h2-8H,9H2,1H3,(H,17,18). The molecule has 0 spiro atoms. The van der Waals surface area contributed by atoms with Crippen LogP contribution in [0, 0.1) is 0 Å². The highest BCUT2D eigenvalue weighted by Gasteiger charge is 2.03. The van der Waals surface area contributed by atoms with Crippen molar-refractivity contribution in [1.82, 2.24) is 4.98 Å². The lowest BCUT2D eigenvalue weighted by Crippen LogP contribution is -2.05. The summed E-state index contributed by atoms with van der Waals surface area (Å²) in [4.78, 5) is 16.1. The Morgan fingerprint density at radius 1 is 1.42 bits per heavy atom. The average Bonchev–Trinajstić information content (AvgIpc) is 2.36. The maximum atomic E-state index is 11.0. The van der Waals surface area contributed by atoms with Crippen molar-refractivity contribution in [2.75, 3.05) is 5.32 Å². The van der Waals surface area contributed by atoms with Gasteiger partial charge in [0.05, 0.1) is 0 Å². The van der Waals surface area contributed by atoms with Gasteiger partial charge in [0, 0.05) is 40.7 Å². The second-order valence-electron chi connectivity index (χ2n) is 4.01. The Morgan fingerprint density at radius 3 is 2.95 bits per heavy atom. The molecule has 0 unspecified atom stereocenters. The summed E-state index contributed by atoms with van der Waals surface area (Å²) in [6.07, 6.45) is 3.59. The molecule has 2 aromatic rings. The Hall–Kier alpha value is -1.52. The molecule has 0 radical (unpaired) electrons. The fraction of sp³-hybridized carbons (Fsp3) is 0.143. The number of hydrogen-bond donors (Lipinski definition) is 1. The molecule has 0 saturated carbocycles. The zero-order valence-corrected chi connectivity index (χ0v) is 12.0. The van der Waals surface area contributed by atoms with Crippen molar-refractivity contribution < 1.29 is 4.79 Å². The van der Waals surface area contributed by atoms with Crippen LogP contribution in [0.1, 0.15) is 12.5 Å². The average molecular weight is 293 g/mol. The van der Waals surface area contributed by atoms with Gasteiger partial charge in [-0.05, 0) is 29.8 Å². The van der Waals surface area contributed by atoms with Gasteiger partial charge in [0.1, 0.15) is 0 Å². The van der Waals surface area contributed by atoms with Gasteiger partial charge < -0.3 is 5.32 Å². The van der Waals surface area contributed by atoms with Gasteiger partial charge in [-0.25, -0.2) is 0 Å². The van der Waals surface area contributed by atoms with E-state index in [1.54, 1.807) is 24.0 Å². The van der Waals surface area contributed by atoms with Gasteiger partial charge in [0.2, 0.25) is 5.91 Å². The molecular formula is C14H13ClN2OS. The van der Waals surface area contributed by atoms with Crippen molar-refractivity contribution in [3.05, 3.63) is 53.3 Å². The number of amides is 1. The maximum Gasteiger partial charge on any atom is 0.221 e. The summed E-state index contributed by atoms with van der Waals surface area (Å²) in [7, 11) is 0. The third-order valence-corrected chi connectivity index (χ3v) is 3.58. The number of thioether (sulfide) groups is 1. The fourth-order valence-electron chi connectivity index (χ4n) is 1.57. The van der Waals surface area contributed by atoms with Gasteiger partial charge in [-0.2, -0.15) is 0 Å². The number of benzene rings is 1. The molecule has 19 heavy (non-hydrogen) atoms. The summed E-state index contributed by atoms with van der Waals surface area (Å²) in [5.41, 5.74) is 1.86. The largest absolute Gasteiger partial charge is 0.326 e. The van der Waals surface area contributed by atoms with Crippen molar-refractivity contribution in [3.63, 3.8) is 0 Å². The highest BCUT2D eigenvalue weighted by Crippen LogP contribution is 2.28. The molecule has 5 heteroatoms. The Morgan fingerprint density at radius 2 is 2.26 bits per heavy atom. The number of halogens is 1. The predicted molar refractivity (Wildman–Crippen MR) is 79.6 cm³/mol. The summed E-state index contributed by atoms with van der Waals surface area (Å²) < 4.78 is 0. The van der Waals surface area contributed by atoms with E-state index >= 15 is 0 Å². The highest BCUT2D eigenvalue weighted by atomic mass is 35.5. The van der Waals surface area contributed by atoms with E-state index in [0.717, 1.165) is 16.2 Å². The van der Waals surface area contributed by atoms with Crippen molar-refractivity contribution in [1.29, 1.82) is 0 Å². The molecule has 3 nitrogen and oxygen atoms in total. The molecule has 0 atom stereocenters. The summed E-state index contributed by atoms with van der Waals surface area (Å²) in [5, 5.41) is 3.35. The maximum absolute atomic E-state index is 11.0. The molecule has 0 bridgehead atoms. The van der Waals surface area contributed by atoms with E-state index in [-0.39, 0.29) is 5.91 Å². The van der Waals surface area contributed by atoms with Gasteiger partial charge in [0.25, 0.3) is 0 Å². The molecule has 0 fully saturated rings. The quantitative estimate of drug-likeness (QED) is 0.867. The number of nitrogens with zero attached hydrogens (tertiary/aromatic N) is 1. The van der Waals surface area contributed by atoms with Crippen LogP contribution >= 0.6 is 23.4 Å². The monoisotopic (exact) mass is 292 g/mol. The minimum absolute atomic E-state index is 0.106. The number of carbonyl (C=O) groups is 1. The van der Waals surface area contributed by atoms with Crippen LogP contribution in [0.15, 0.2) is 47.6 Å². The summed E-state index contributed by atoms with van der Waals surface area (Å²) in [6.45, 7) is 1.48. The molecule has 0 aliphatic rings. The molecule has 0 saturated heterocycles. The van der Waals surface area contributed by atoms with Crippen LogP contribution in [0.2, 0.25) is 5.02 Å². The number of pyridine rings is 1. The Bertz CT molecular complexity index is 575. The first-order valence-electron chi connectivity index (χ1n) is 5.73. The third kappa shape index (κ3) is 4.58. The van der Waals surface area contributed by atoms with E-state index in [9.17, 15) is 4.79 Å². The molecule has 1 aromatic heterocycles. The van der Waals surface area contributed by atoms with Gasteiger partial charge in [-0.1, -0.05) is 17.7 Å². The smallest absolute Gasteiger partial charge is 0.221 e. The van der Waals surface area contributed by atoms with Gasteiger partial charge in [-0.15, -0.1) is 11.8 Å². The lowest BCUT2D eigenvalue weighted by Gasteiger charge is -2.07. The second kappa shape index (κ2) is 6.59. The van der Waals surface area contributed by atoms with Crippen LogP contribution in [0.25, 0.3) is 0 Å². The summed E-state index contributed by atoms with van der Waals surface area (Å²) in [6, 6.07) is 9.47. The highest BCUT2D eigenvalue weighted by molar-refractivity contribution is 7.98. The number of rotatable bonds is 4. The molecule has 1 heterocycles. The minimum Gasteiger partial charge on any atom is -0.326 e. The van der Waals surface area contributed by atoms with Crippen LogP contribution < -0.4 is 5.32 Å². The van der Waals surface area contributed by atoms with Gasteiger partial charge in [-0.3, -0.25) is 9.78 Å². The van der Waals surface area contributed by atoms with Crippen molar-refractivity contribution >= 4 is 35.0 Å². The number of aromatic nitrogens is 1. The molecule has 0 aliphatic carbocycles. The number of hydrogen-bond acceptors (Lipinski definition) is 3. The summed E-state index contributed by atoms with van der Waals surface area (Å²) >= 11 is 7.69. The Kier molecular flexibility index (Phi) is 4.82. The van der Waals surface area contributed by atoms with Crippen molar-refractivity contribution in [2.24, 2.45) is 0 Å². The van der Waals surface area contributed by atoms with Gasteiger partial charge in [0.15, 0.2) is 0 Å². The van der Waals surface area contributed by atoms with Gasteiger partial charge >= 0.3 is 0 Å². The van der Waals surface area contributed by atoms with E-state index in [2.05, 4.69) is 10.3 Å². The van der Waals surface area contributed by atoms with Crippen LogP contribution in [-0.2, 0) is 10.5 Å². The molecule has 2 rings (SSSR count). The van der Waals surface area contributed by atoms with Crippen LogP contribution in [0.4, 0.5) is 5.69 Å². The van der Waals surface area contributed by atoms with E-state index in [1.165, 1.54) is 6.92 Å². The molecule has 0 aliphatic heterocycles. The zero-order chi connectivity index (χ0) is 13.7. The topological polar surface area (TPSA) is 42.0 Å². The first kappa shape index (κ1) is 13.9. The fourth-order valence-corrected chi connectivity index (χ4v) is 2.80. The Labute approximate surface area is 121 Å². The number of anilines is 1. The first-order valence-corrected chi connectivity index (χ1v) is 7.10. The number of nitrogens with one attached hydrogen (secondary N) is 1. The molecular weight excluding hydrogens is 280 g/mol. The van der Waals surface area contributed by atoms with Crippen molar-refractivity contribution in [2.45, 2.75) is 17.6 Å². The van der Waals surface area contributed by atoms with Crippen molar-refractivity contribution in [3.8, 4) is 0 Å². The minimum atomic E-state index is -0.106. The molecule has 1 aromatic carbocycles. The zero-order valence-electron chi connectivity index (χ0n) is 10.4. The molecule has 1 amide bonds. The third-order valence-electron chi connectivity index (χ3n) is 2.32. The SMILES string of the molecule is CC(=O)Nc1cc(Cl)cc(SCc2cccnc2)c1. The first-order chi connectivity index (χ1) is 9.13. The lowest BCUT2D eigenvalue weighted by atomic mass is 10.3. The summed E-state index contributed by atoms with van der Waals surface area (Å²) in [5.74, 6) is 0.707. The molecule has 98 valence electrons. The predicted octanol–water partition coefficient (Wildman–Crippen LogP) is 3.99. The van der Waals surface area contributed by atoms with Crippen LogP contribution in [-0.4, -0.2) is 10.9 Å². The lowest BCUT2D eigenvalue weighted by molar-refractivity contribution is -0.114. The molecule has 1 N–H and O–H groups in total. The second-order valence-corrected chi connectivity index (χ2v) is 5.49. The normalized spacial score (nSPS) is 10.2. The van der Waals surface area contributed by atoms with E-state index in [1.807, 2.05) is 30.5 Å². The van der Waals surface area contributed by atoms with Crippen LogP contribution in [0.3, 0.4) is 0 Å². The number of carbonyl (C=O) groups excluding carboxylic acids is 1. The Balaban J connectivity index is 2.07. The van der Waals surface area contributed by atoms with E-state index in [4.69, 9.17) is 11.6 Å². The van der Waals surface area contributed by atoms with Crippen LogP contribution in [0.5, 0.6) is 0 Å².